The third-order valence-corrected chi connectivity index (χ3v) is 4.95. The second-order valence-electron chi connectivity index (χ2n) is 7.08. The Labute approximate surface area is 193 Å². The average molecular weight is 491 g/mol. The van der Waals surface area contributed by atoms with Crippen molar-refractivity contribution in [2.24, 2.45) is 5.16 Å². The number of hydrogen-bond acceptors (Lipinski definition) is 6. The minimum Gasteiger partial charge on any atom is -0.468 e. The number of alkyl halides is 3. The summed E-state index contributed by atoms with van der Waals surface area (Å²) in [5.41, 5.74) is 3.57. The van der Waals surface area contributed by atoms with Gasteiger partial charge in [-0.2, -0.15) is 18.7 Å². The van der Waals surface area contributed by atoms with Gasteiger partial charge in [0.25, 0.3) is 0 Å². The minimum atomic E-state index is -4.57. The Morgan fingerprint density at radius 2 is 1.94 bits per heavy atom. The summed E-state index contributed by atoms with van der Waals surface area (Å²) in [7, 11) is 2.57. The van der Waals surface area contributed by atoms with E-state index in [0.29, 0.717) is 11.1 Å². The maximum Gasteiger partial charge on any atom is 0.393 e. The maximum atomic E-state index is 14.5. The van der Waals surface area contributed by atoms with E-state index >= 15 is 0 Å². The summed E-state index contributed by atoms with van der Waals surface area (Å²) in [6, 6.07) is 6.16. The molecule has 2 aromatic carbocycles. The number of carbonyl (C=O) groups excluding carboxylic acids is 1. The standard InChI is InChI=1S/C22H23ClF4N2O4/c1-12-6-5-7-16(20(29-32-4)21(30)31-3)17(12)11-33-28-13(2)19-14(10-22(25,26)27)8-15(23)9-18(19)24/h5-9,20,29H,10-11H2,1-4H3/b28-13+. The number of nitrogens with one attached hydrogen (secondary N) is 1. The van der Waals surface area contributed by atoms with Crippen LogP contribution in [0.5, 0.6) is 0 Å². The van der Waals surface area contributed by atoms with Gasteiger partial charge in [0.2, 0.25) is 0 Å². The first kappa shape index (κ1) is 26.6. The van der Waals surface area contributed by atoms with Gasteiger partial charge in [-0.1, -0.05) is 35.0 Å². The Morgan fingerprint density at radius 3 is 2.55 bits per heavy atom. The number of rotatable bonds is 9. The first-order valence-electron chi connectivity index (χ1n) is 9.64. The normalized spacial score (nSPS) is 13.1. The lowest BCUT2D eigenvalue weighted by Crippen LogP contribution is -2.30. The lowest BCUT2D eigenvalue weighted by Gasteiger charge is -2.20. The highest BCUT2D eigenvalue weighted by Crippen LogP contribution is 2.29. The molecule has 0 radical (unpaired) electrons. The molecular formula is C22H23ClF4N2O4. The fraction of sp³-hybridized carbons (Fsp3) is 0.364. The summed E-state index contributed by atoms with van der Waals surface area (Å²) < 4.78 is 58.1. The van der Waals surface area contributed by atoms with E-state index in [4.69, 9.17) is 26.0 Å². The number of benzene rings is 2. The van der Waals surface area contributed by atoms with E-state index in [9.17, 15) is 22.4 Å². The topological polar surface area (TPSA) is 69.2 Å². The molecule has 1 atom stereocenters. The van der Waals surface area contributed by atoms with Crippen molar-refractivity contribution in [2.75, 3.05) is 14.2 Å². The Hall–Kier alpha value is -2.69. The van der Waals surface area contributed by atoms with E-state index in [1.165, 1.54) is 21.1 Å². The van der Waals surface area contributed by atoms with Crippen LogP contribution in [0.4, 0.5) is 17.6 Å². The molecule has 0 aliphatic rings. The van der Waals surface area contributed by atoms with Crippen molar-refractivity contribution in [3.8, 4) is 0 Å². The van der Waals surface area contributed by atoms with Gasteiger partial charge in [-0.15, -0.1) is 0 Å². The molecule has 2 rings (SSSR count). The Morgan fingerprint density at radius 1 is 1.24 bits per heavy atom. The zero-order valence-electron chi connectivity index (χ0n) is 18.3. The summed E-state index contributed by atoms with van der Waals surface area (Å²) in [6.45, 7) is 2.96. The fourth-order valence-corrected chi connectivity index (χ4v) is 3.52. The van der Waals surface area contributed by atoms with Crippen LogP contribution in [0.2, 0.25) is 5.02 Å². The molecule has 0 bridgehead atoms. The van der Waals surface area contributed by atoms with Gasteiger partial charge >= 0.3 is 12.1 Å². The molecule has 1 unspecified atom stereocenters. The second kappa shape index (κ2) is 11.4. The first-order valence-corrected chi connectivity index (χ1v) is 10.0. The Balaban J connectivity index is 2.36. The van der Waals surface area contributed by atoms with E-state index in [2.05, 4.69) is 10.6 Å². The molecule has 1 N–H and O–H groups in total. The van der Waals surface area contributed by atoms with E-state index < -0.39 is 30.4 Å². The van der Waals surface area contributed by atoms with Crippen LogP contribution in [-0.2, 0) is 32.2 Å². The van der Waals surface area contributed by atoms with Crippen LogP contribution in [0.15, 0.2) is 35.5 Å². The van der Waals surface area contributed by atoms with Crippen molar-refractivity contribution in [1.29, 1.82) is 0 Å². The number of halogens is 5. The highest BCUT2D eigenvalue weighted by molar-refractivity contribution is 6.30. The van der Waals surface area contributed by atoms with Gasteiger partial charge in [0.15, 0.2) is 6.04 Å². The summed E-state index contributed by atoms with van der Waals surface area (Å²) in [4.78, 5) is 22.4. The maximum absolute atomic E-state index is 14.5. The molecule has 0 heterocycles. The van der Waals surface area contributed by atoms with Gasteiger partial charge in [0, 0.05) is 16.1 Å². The van der Waals surface area contributed by atoms with Crippen molar-refractivity contribution in [2.45, 2.75) is 39.1 Å². The van der Waals surface area contributed by atoms with Crippen molar-refractivity contribution in [1.82, 2.24) is 5.48 Å². The van der Waals surface area contributed by atoms with E-state index in [1.54, 1.807) is 25.1 Å². The second-order valence-corrected chi connectivity index (χ2v) is 7.52. The first-order chi connectivity index (χ1) is 15.5. The number of carbonyl (C=O) groups is 1. The van der Waals surface area contributed by atoms with Crippen molar-refractivity contribution >= 4 is 23.3 Å². The summed E-state index contributed by atoms with van der Waals surface area (Å²) in [5.74, 6) is -1.55. The molecule has 6 nitrogen and oxygen atoms in total. The van der Waals surface area contributed by atoms with Gasteiger partial charge in [-0.3, -0.25) is 0 Å². The number of methoxy groups -OCH3 is 1. The van der Waals surface area contributed by atoms with Gasteiger partial charge < -0.3 is 14.4 Å². The highest BCUT2D eigenvalue weighted by atomic mass is 35.5. The Kier molecular flexibility index (Phi) is 9.21. The lowest BCUT2D eigenvalue weighted by molar-refractivity contribution is -0.147. The van der Waals surface area contributed by atoms with E-state index in [0.717, 1.165) is 17.7 Å². The van der Waals surface area contributed by atoms with Crippen LogP contribution < -0.4 is 5.48 Å². The number of hydroxylamine groups is 1. The molecular weight excluding hydrogens is 468 g/mol. The lowest BCUT2D eigenvalue weighted by atomic mass is 9.97. The average Bonchev–Trinajstić information content (AvgIpc) is 2.71. The molecule has 0 amide bonds. The molecule has 11 heteroatoms. The summed E-state index contributed by atoms with van der Waals surface area (Å²) >= 11 is 5.74. The number of nitrogens with zero attached hydrogens (tertiary/aromatic N) is 1. The van der Waals surface area contributed by atoms with E-state index in [1.807, 2.05) is 0 Å². The molecule has 180 valence electrons. The van der Waals surface area contributed by atoms with Crippen molar-refractivity contribution in [3.05, 3.63) is 69.0 Å². The molecule has 0 spiro atoms. The number of esters is 1. The smallest absolute Gasteiger partial charge is 0.393 e. The SMILES string of the molecule is CONC(C(=O)OC)c1cccc(C)c1CO/N=C(\C)c1c(F)cc(Cl)cc1CC(F)(F)F. The summed E-state index contributed by atoms with van der Waals surface area (Å²) in [5, 5.41) is 3.66. The molecule has 0 aliphatic carbocycles. The molecule has 0 saturated heterocycles. The minimum absolute atomic E-state index is 0.0990. The number of aryl methyl sites for hydroxylation is 1. The van der Waals surface area contributed by atoms with Crippen molar-refractivity contribution in [3.63, 3.8) is 0 Å². The molecule has 0 saturated carbocycles. The van der Waals surface area contributed by atoms with E-state index in [-0.39, 0.29) is 28.5 Å². The van der Waals surface area contributed by atoms with Crippen LogP contribution in [0.25, 0.3) is 0 Å². The van der Waals surface area contributed by atoms with Crippen LogP contribution in [0.3, 0.4) is 0 Å². The molecule has 0 aliphatic heterocycles. The van der Waals surface area contributed by atoms with Gasteiger partial charge in [0.1, 0.15) is 12.4 Å². The largest absolute Gasteiger partial charge is 0.468 e. The van der Waals surface area contributed by atoms with Crippen LogP contribution >= 0.6 is 11.6 Å². The molecule has 33 heavy (non-hydrogen) atoms. The predicted octanol–water partition coefficient (Wildman–Crippen LogP) is 5.20. The van der Waals surface area contributed by atoms with Gasteiger partial charge in [0.05, 0.1) is 26.4 Å². The van der Waals surface area contributed by atoms with Crippen LogP contribution in [-0.4, -0.2) is 32.1 Å². The zero-order valence-corrected chi connectivity index (χ0v) is 19.1. The highest BCUT2D eigenvalue weighted by Gasteiger charge is 2.31. The fourth-order valence-electron chi connectivity index (χ4n) is 3.29. The Bertz CT molecular complexity index is 1030. The van der Waals surface area contributed by atoms with Gasteiger partial charge in [-0.05, 0) is 42.7 Å². The monoisotopic (exact) mass is 490 g/mol. The third kappa shape index (κ3) is 7.15. The number of ether oxygens (including phenoxy) is 1. The molecule has 2 aromatic rings. The predicted molar refractivity (Wildman–Crippen MR) is 114 cm³/mol. The van der Waals surface area contributed by atoms with Crippen molar-refractivity contribution < 1.29 is 36.8 Å². The summed E-state index contributed by atoms with van der Waals surface area (Å²) in [6.07, 6.45) is -5.95. The van der Waals surface area contributed by atoms with Crippen LogP contribution in [0.1, 0.15) is 40.8 Å². The third-order valence-electron chi connectivity index (χ3n) is 4.73. The zero-order chi connectivity index (χ0) is 24.8. The molecule has 0 aromatic heterocycles. The van der Waals surface area contributed by atoms with Crippen LogP contribution in [0, 0.1) is 12.7 Å². The van der Waals surface area contributed by atoms with Gasteiger partial charge in [-0.25, -0.2) is 9.18 Å². The number of oxime groups is 1. The number of hydrogen-bond donors (Lipinski definition) is 1. The molecule has 0 fully saturated rings. The quantitative estimate of drug-likeness (QED) is 0.226.